The van der Waals surface area contributed by atoms with Crippen LogP contribution in [0.15, 0.2) is 24.3 Å². The minimum Gasteiger partial charge on any atom is -0.312 e. The van der Waals surface area contributed by atoms with Crippen molar-refractivity contribution in [1.82, 2.24) is 5.32 Å². The van der Waals surface area contributed by atoms with Crippen LogP contribution >= 0.6 is 11.6 Å². The number of nitrogens with one attached hydrogen (secondary N) is 1. The van der Waals surface area contributed by atoms with Gasteiger partial charge in [-0.25, -0.2) is 0 Å². The molecule has 1 fully saturated rings. The minimum absolute atomic E-state index is 0.282. The largest absolute Gasteiger partial charge is 0.312 e. The van der Waals surface area contributed by atoms with Gasteiger partial charge in [0.1, 0.15) is 0 Å². The SMILES string of the molecule is CC(C)(C#N)CNC1CC(c2ccccc2Cl)C1. The van der Waals surface area contributed by atoms with Gasteiger partial charge in [-0.3, -0.25) is 0 Å². The van der Waals surface area contributed by atoms with E-state index in [9.17, 15) is 0 Å². The highest BCUT2D eigenvalue weighted by Crippen LogP contribution is 2.40. The first-order chi connectivity index (χ1) is 8.52. The fourth-order valence-corrected chi connectivity index (χ4v) is 2.57. The molecule has 1 aromatic rings. The van der Waals surface area contributed by atoms with Gasteiger partial charge in [0.15, 0.2) is 0 Å². The summed E-state index contributed by atoms with van der Waals surface area (Å²) in [6.45, 7) is 4.68. The molecule has 1 aromatic carbocycles. The van der Waals surface area contributed by atoms with Crippen LogP contribution in [0.1, 0.15) is 38.2 Å². The van der Waals surface area contributed by atoms with Gasteiger partial charge < -0.3 is 5.32 Å². The molecule has 0 aromatic heterocycles. The van der Waals surface area contributed by atoms with Crippen LogP contribution in [0, 0.1) is 16.7 Å². The molecule has 18 heavy (non-hydrogen) atoms. The molecular formula is C15H19ClN2. The second-order valence-electron chi connectivity index (χ2n) is 5.76. The molecule has 1 aliphatic carbocycles. The van der Waals surface area contributed by atoms with E-state index in [0.29, 0.717) is 12.0 Å². The normalized spacial score (nSPS) is 23.2. The van der Waals surface area contributed by atoms with E-state index in [0.717, 1.165) is 24.4 Å². The van der Waals surface area contributed by atoms with E-state index in [1.165, 1.54) is 5.56 Å². The van der Waals surface area contributed by atoms with E-state index in [1.807, 2.05) is 32.0 Å². The molecule has 1 saturated carbocycles. The van der Waals surface area contributed by atoms with Gasteiger partial charge in [0.05, 0.1) is 11.5 Å². The maximum Gasteiger partial charge on any atom is 0.0697 e. The Labute approximate surface area is 114 Å². The van der Waals surface area contributed by atoms with E-state index in [1.54, 1.807) is 0 Å². The number of benzene rings is 1. The van der Waals surface area contributed by atoms with Gasteiger partial charge in [0.2, 0.25) is 0 Å². The maximum atomic E-state index is 8.96. The first kappa shape index (κ1) is 13.4. The van der Waals surface area contributed by atoms with Crippen LogP contribution in [0.25, 0.3) is 0 Å². The highest BCUT2D eigenvalue weighted by Gasteiger charge is 2.32. The van der Waals surface area contributed by atoms with Gasteiger partial charge in [-0.15, -0.1) is 0 Å². The van der Waals surface area contributed by atoms with Crippen molar-refractivity contribution in [2.45, 2.75) is 38.6 Å². The molecule has 0 spiro atoms. The molecule has 0 radical (unpaired) electrons. The van der Waals surface area contributed by atoms with Gasteiger partial charge in [0, 0.05) is 17.6 Å². The fourth-order valence-electron chi connectivity index (χ4n) is 2.28. The molecule has 1 aliphatic rings. The molecule has 2 rings (SSSR count). The van der Waals surface area contributed by atoms with Crippen LogP contribution in [0.4, 0.5) is 0 Å². The third-order valence-corrected chi connectivity index (χ3v) is 3.96. The molecule has 3 heteroatoms. The van der Waals surface area contributed by atoms with Crippen molar-refractivity contribution in [1.29, 1.82) is 5.26 Å². The lowest BCUT2D eigenvalue weighted by molar-refractivity contribution is 0.268. The van der Waals surface area contributed by atoms with Crippen molar-refractivity contribution in [2.24, 2.45) is 5.41 Å². The lowest BCUT2D eigenvalue weighted by Crippen LogP contribution is -2.43. The smallest absolute Gasteiger partial charge is 0.0697 e. The molecule has 96 valence electrons. The van der Waals surface area contributed by atoms with Gasteiger partial charge >= 0.3 is 0 Å². The average Bonchev–Trinajstić information content (AvgIpc) is 2.29. The van der Waals surface area contributed by atoms with E-state index in [4.69, 9.17) is 16.9 Å². The molecule has 2 nitrogen and oxygen atoms in total. The van der Waals surface area contributed by atoms with Crippen LogP contribution in [0.2, 0.25) is 5.02 Å². The van der Waals surface area contributed by atoms with Crippen molar-refractivity contribution in [3.63, 3.8) is 0 Å². The Balaban J connectivity index is 1.82. The number of halogens is 1. The Kier molecular flexibility index (Phi) is 3.94. The summed E-state index contributed by atoms with van der Waals surface area (Å²) in [5, 5.41) is 13.3. The van der Waals surface area contributed by atoms with Crippen molar-refractivity contribution in [3.8, 4) is 6.07 Å². The second-order valence-corrected chi connectivity index (χ2v) is 6.17. The Morgan fingerprint density at radius 2 is 2.06 bits per heavy atom. The van der Waals surface area contributed by atoms with Gasteiger partial charge in [-0.1, -0.05) is 29.8 Å². The predicted molar refractivity (Wildman–Crippen MR) is 74.6 cm³/mol. The number of hydrogen-bond donors (Lipinski definition) is 1. The van der Waals surface area contributed by atoms with Crippen LogP contribution < -0.4 is 5.32 Å². The summed E-state index contributed by atoms with van der Waals surface area (Å²) in [6, 6.07) is 10.9. The van der Waals surface area contributed by atoms with Crippen molar-refractivity contribution in [2.75, 3.05) is 6.54 Å². The number of hydrogen-bond acceptors (Lipinski definition) is 2. The number of rotatable bonds is 4. The van der Waals surface area contributed by atoms with Crippen molar-refractivity contribution >= 4 is 11.6 Å². The Morgan fingerprint density at radius 1 is 1.39 bits per heavy atom. The topological polar surface area (TPSA) is 35.8 Å². The number of nitrogens with zero attached hydrogens (tertiary/aromatic N) is 1. The van der Waals surface area contributed by atoms with Crippen molar-refractivity contribution in [3.05, 3.63) is 34.9 Å². The first-order valence-corrected chi connectivity index (χ1v) is 6.79. The van der Waals surface area contributed by atoms with E-state index in [-0.39, 0.29) is 5.41 Å². The summed E-state index contributed by atoms with van der Waals surface area (Å²) < 4.78 is 0. The standard InChI is InChI=1S/C15H19ClN2/c1-15(2,9-17)10-18-12-7-11(8-12)13-5-3-4-6-14(13)16/h3-6,11-12,18H,7-8,10H2,1-2H3. The quantitative estimate of drug-likeness (QED) is 0.898. The summed E-state index contributed by atoms with van der Waals surface area (Å²) in [4.78, 5) is 0. The van der Waals surface area contributed by atoms with Crippen LogP contribution in [0.5, 0.6) is 0 Å². The lowest BCUT2D eigenvalue weighted by atomic mass is 9.75. The first-order valence-electron chi connectivity index (χ1n) is 6.41. The summed E-state index contributed by atoms with van der Waals surface area (Å²) >= 11 is 6.19. The predicted octanol–water partition coefficient (Wildman–Crippen LogP) is 3.73. The summed E-state index contributed by atoms with van der Waals surface area (Å²) in [7, 11) is 0. The van der Waals surface area contributed by atoms with Gasteiger partial charge in [-0.05, 0) is 44.2 Å². The molecule has 0 amide bonds. The van der Waals surface area contributed by atoms with E-state index < -0.39 is 0 Å². The molecule has 0 unspecified atom stereocenters. The lowest BCUT2D eigenvalue weighted by Gasteiger charge is -2.38. The minimum atomic E-state index is -0.282. The molecular weight excluding hydrogens is 244 g/mol. The van der Waals surface area contributed by atoms with Gasteiger partial charge in [-0.2, -0.15) is 5.26 Å². The monoisotopic (exact) mass is 262 g/mol. The average molecular weight is 263 g/mol. The van der Waals surface area contributed by atoms with Gasteiger partial charge in [0.25, 0.3) is 0 Å². The third-order valence-electron chi connectivity index (χ3n) is 3.62. The summed E-state index contributed by atoms with van der Waals surface area (Å²) in [5.41, 5.74) is 0.979. The van der Waals surface area contributed by atoms with E-state index in [2.05, 4.69) is 17.5 Å². The van der Waals surface area contributed by atoms with Crippen molar-refractivity contribution < 1.29 is 0 Å². The van der Waals surface area contributed by atoms with E-state index >= 15 is 0 Å². The Bertz CT molecular complexity index is 456. The second kappa shape index (κ2) is 5.30. The fraction of sp³-hybridized carbons (Fsp3) is 0.533. The molecule has 0 heterocycles. The molecule has 0 bridgehead atoms. The molecule has 0 atom stereocenters. The molecule has 0 saturated heterocycles. The Morgan fingerprint density at radius 3 is 2.67 bits per heavy atom. The Hall–Kier alpha value is -1.04. The van der Waals surface area contributed by atoms with Crippen LogP contribution in [-0.2, 0) is 0 Å². The molecule has 0 aliphatic heterocycles. The zero-order valence-electron chi connectivity index (χ0n) is 10.9. The third kappa shape index (κ3) is 3.04. The summed E-state index contributed by atoms with van der Waals surface area (Å²) in [5.74, 6) is 0.571. The summed E-state index contributed by atoms with van der Waals surface area (Å²) in [6.07, 6.45) is 2.23. The molecule has 1 N–H and O–H groups in total. The highest BCUT2D eigenvalue weighted by molar-refractivity contribution is 6.31. The zero-order chi connectivity index (χ0) is 13.2. The number of nitriles is 1. The zero-order valence-corrected chi connectivity index (χ0v) is 11.7. The maximum absolute atomic E-state index is 8.96. The van der Waals surface area contributed by atoms with Crippen LogP contribution in [-0.4, -0.2) is 12.6 Å². The van der Waals surface area contributed by atoms with Crippen LogP contribution in [0.3, 0.4) is 0 Å². The highest BCUT2D eigenvalue weighted by atomic mass is 35.5.